The third-order valence-electron chi connectivity index (χ3n) is 3.73. The Bertz CT molecular complexity index is 433. The smallest absolute Gasteiger partial charge is 0.222 e. The first-order valence-electron chi connectivity index (χ1n) is 6.85. The summed E-state index contributed by atoms with van der Waals surface area (Å²) in [7, 11) is 0. The second-order valence-electron chi connectivity index (χ2n) is 5.15. The second kappa shape index (κ2) is 6.44. The van der Waals surface area contributed by atoms with Crippen LogP contribution >= 0.6 is 11.6 Å². The van der Waals surface area contributed by atoms with E-state index in [0.717, 1.165) is 25.3 Å². The van der Waals surface area contributed by atoms with E-state index in [0.29, 0.717) is 30.1 Å². The van der Waals surface area contributed by atoms with Crippen LogP contribution in [0.1, 0.15) is 32.4 Å². The number of rotatable bonds is 4. The highest BCUT2D eigenvalue weighted by Crippen LogP contribution is 2.19. The molecule has 2 atom stereocenters. The lowest BCUT2D eigenvalue weighted by atomic mass is 9.93. The Kier molecular flexibility index (Phi) is 4.88. The average Bonchev–Trinajstić information content (AvgIpc) is 2.82. The first-order chi connectivity index (χ1) is 9.10. The van der Waals surface area contributed by atoms with Crippen LogP contribution in [0.2, 0.25) is 5.22 Å². The van der Waals surface area contributed by atoms with Gasteiger partial charge in [-0.25, -0.2) is 0 Å². The number of nitrogens with one attached hydrogen (secondary N) is 1. The molecule has 0 saturated carbocycles. The zero-order chi connectivity index (χ0) is 13.8. The van der Waals surface area contributed by atoms with Gasteiger partial charge in [0.05, 0.1) is 6.54 Å². The molecular formula is C14H21ClN2O2. The summed E-state index contributed by atoms with van der Waals surface area (Å²) in [5.74, 6) is 1.56. The number of halogens is 1. The largest absolute Gasteiger partial charge is 0.448 e. The molecule has 0 spiro atoms. The van der Waals surface area contributed by atoms with Crippen molar-refractivity contribution < 1.29 is 9.21 Å². The van der Waals surface area contributed by atoms with E-state index in [-0.39, 0.29) is 5.91 Å². The van der Waals surface area contributed by atoms with Crippen LogP contribution in [-0.2, 0) is 11.3 Å². The number of likely N-dealkylation sites (tertiary alicyclic amines) is 1. The summed E-state index contributed by atoms with van der Waals surface area (Å²) >= 11 is 5.74. The van der Waals surface area contributed by atoms with E-state index in [2.05, 4.69) is 12.2 Å². The fourth-order valence-electron chi connectivity index (χ4n) is 2.58. The van der Waals surface area contributed by atoms with Crippen molar-refractivity contribution in [3.8, 4) is 0 Å². The van der Waals surface area contributed by atoms with Crippen molar-refractivity contribution in [3.63, 3.8) is 0 Å². The second-order valence-corrected chi connectivity index (χ2v) is 5.53. The van der Waals surface area contributed by atoms with E-state index >= 15 is 0 Å². The van der Waals surface area contributed by atoms with Crippen molar-refractivity contribution in [1.29, 1.82) is 0 Å². The van der Waals surface area contributed by atoms with Gasteiger partial charge in [-0.1, -0.05) is 13.8 Å². The van der Waals surface area contributed by atoms with Gasteiger partial charge in [0.2, 0.25) is 5.91 Å². The van der Waals surface area contributed by atoms with Crippen molar-refractivity contribution in [2.75, 3.05) is 13.1 Å². The number of hydrogen-bond acceptors (Lipinski definition) is 3. The molecule has 1 N–H and O–H groups in total. The van der Waals surface area contributed by atoms with Crippen molar-refractivity contribution in [1.82, 2.24) is 10.2 Å². The molecule has 106 valence electrons. The number of carbonyl (C=O) groups excluding carboxylic acids is 1. The fraction of sp³-hybridized carbons (Fsp3) is 0.643. The van der Waals surface area contributed by atoms with Gasteiger partial charge in [-0.05, 0) is 36.1 Å². The van der Waals surface area contributed by atoms with Crippen molar-refractivity contribution in [3.05, 3.63) is 23.1 Å². The SMILES string of the molecule is CCC(=O)N1CC[C@H](NCc2ccc(Cl)o2)[C@@H](C)C1. The van der Waals surface area contributed by atoms with Gasteiger partial charge in [0.15, 0.2) is 5.22 Å². The van der Waals surface area contributed by atoms with E-state index in [9.17, 15) is 4.79 Å². The van der Waals surface area contributed by atoms with Gasteiger partial charge in [0, 0.05) is 25.6 Å². The summed E-state index contributed by atoms with van der Waals surface area (Å²) in [6.45, 7) is 6.46. The Hall–Kier alpha value is -1.00. The molecule has 1 amide bonds. The van der Waals surface area contributed by atoms with Crippen LogP contribution in [-0.4, -0.2) is 29.9 Å². The molecule has 19 heavy (non-hydrogen) atoms. The standard InChI is InChI=1S/C14H21ClN2O2/c1-3-14(18)17-7-6-12(10(2)9-17)16-8-11-4-5-13(15)19-11/h4-5,10,12,16H,3,6-9H2,1-2H3/t10-,12-/m0/s1. The number of nitrogens with zero attached hydrogens (tertiary/aromatic N) is 1. The van der Waals surface area contributed by atoms with Crippen LogP contribution in [0, 0.1) is 5.92 Å². The number of furan rings is 1. The molecule has 0 aromatic carbocycles. The summed E-state index contributed by atoms with van der Waals surface area (Å²) in [5, 5.41) is 3.91. The molecule has 1 aromatic rings. The van der Waals surface area contributed by atoms with Crippen LogP contribution in [0.4, 0.5) is 0 Å². The van der Waals surface area contributed by atoms with E-state index in [1.165, 1.54) is 0 Å². The Morgan fingerprint density at radius 3 is 2.95 bits per heavy atom. The minimum Gasteiger partial charge on any atom is -0.448 e. The predicted octanol–water partition coefficient (Wildman–Crippen LogP) is 2.67. The zero-order valence-electron chi connectivity index (χ0n) is 11.5. The third kappa shape index (κ3) is 3.74. The van der Waals surface area contributed by atoms with Crippen LogP contribution in [0.3, 0.4) is 0 Å². The Morgan fingerprint density at radius 1 is 1.58 bits per heavy atom. The van der Waals surface area contributed by atoms with Crippen LogP contribution < -0.4 is 5.32 Å². The maximum Gasteiger partial charge on any atom is 0.222 e. The minimum atomic E-state index is 0.253. The van der Waals surface area contributed by atoms with E-state index < -0.39 is 0 Å². The first kappa shape index (κ1) is 14.4. The molecule has 1 fully saturated rings. The molecule has 0 unspecified atom stereocenters. The van der Waals surface area contributed by atoms with Gasteiger partial charge in [-0.3, -0.25) is 4.79 Å². The molecule has 0 bridgehead atoms. The minimum absolute atomic E-state index is 0.253. The molecule has 1 aliphatic heterocycles. The summed E-state index contributed by atoms with van der Waals surface area (Å²) in [6, 6.07) is 4.06. The molecule has 0 aliphatic carbocycles. The number of hydrogen-bond donors (Lipinski definition) is 1. The Balaban J connectivity index is 1.81. The lowest BCUT2D eigenvalue weighted by molar-refractivity contribution is -0.132. The van der Waals surface area contributed by atoms with E-state index in [1.807, 2.05) is 17.9 Å². The van der Waals surface area contributed by atoms with Crippen LogP contribution in [0.25, 0.3) is 0 Å². The van der Waals surface area contributed by atoms with Gasteiger partial charge in [0.25, 0.3) is 0 Å². The van der Waals surface area contributed by atoms with Crippen LogP contribution in [0.15, 0.2) is 16.5 Å². The van der Waals surface area contributed by atoms with Gasteiger partial charge in [0.1, 0.15) is 5.76 Å². The molecule has 1 saturated heterocycles. The molecule has 0 radical (unpaired) electrons. The maximum absolute atomic E-state index is 11.7. The summed E-state index contributed by atoms with van der Waals surface area (Å²) < 4.78 is 5.32. The molecule has 2 heterocycles. The monoisotopic (exact) mass is 284 g/mol. The highest BCUT2D eigenvalue weighted by molar-refractivity contribution is 6.28. The Morgan fingerprint density at radius 2 is 2.37 bits per heavy atom. The van der Waals surface area contributed by atoms with Crippen molar-refractivity contribution in [2.24, 2.45) is 5.92 Å². The van der Waals surface area contributed by atoms with Crippen molar-refractivity contribution in [2.45, 2.75) is 39.3 Å². The number of piperidine rings is 1. The van der Waals surface area contributed by atoms with Gasteiger partial charge in [-0.2, -0.15) is 0 Å². The van der Waals surface area contributed by atoms with Crippen molar-refractivity contribution >= 4 is 17.5 Å². The predicted molar refractivity (Wildman–Crippen MR) is 75.0 cm³/mol. The van der Waals surface area contributed by atoms with E-state index in [4.69, 9.17) is 16.0 Å². The quantitative estimate of drug-likeness (QED) is 0.925. The molecule has 1 aromatic heterocycles. The summed E-state index contributed by atoms with van der Waals surface area (Å²) in [6.07, 6.45) is 1.58. The van der Waals surface area contributed by atoms with Gasteiger partial charge in [-0.15, -0.1) is 0 Å². The highest BCUT2D eigenvalue weighted by Gasteiger charge is 2.27. The summed E-state index contributed by atoms with van der Waals surface area (Å²) in [4.78, 5) is 13.6. The topological polar surface area (TPSA) is 45.5 Å². The molecule has 5 heteroatoms. The number of amides is 1. The molecule has 1 aliphatic rings. The highest BCUT2D eigenvalue weighted by atomic mass is 35.5. The molecular weight excluding hydrogens is 264 g/mol. The normalized spacial score (nSPS) is 23.6. The zero-order valence-corrected chi connectivity index (χ0v) is 12.2. The van der Waals surface area contributed by atoms with Crippen LogP contribution in [0.5, 0.6) is 0 Å². The fourth-order valence-corrected chi connectivity index (χ4v) is 2.74. The maximum atomic E-state index is 11.7. The first-order valence-corrected chi connectivity index (χ1v) is 7.23. The third-order valence-corrected chi connectivity index (χ3v) is 3.93. The Labute approximate surface area is 119 Å². The lowest BCUT2D eigenvalue weighted by Crippen LogP contribution is -2.49. The number of carbonyl (C=O) groups is 1. The average molecular weight is 285 g/mol. The lowest BCUT2D eigenvalue weighted by Gasteiger charge is -2.37. The van der Waals surface area contributed by atoms with Gasteiger partial charge < -0.3 is 14.6 Å². The summed E-state index contributed by atoms with van der Waals surface area (Å²) in [5.41, 5.74) is 0. The molecule has 4 nitrogen and oxygen atoms in total. The molecule has 2 rings (SSSR count). The van der Waals surface area contributed by atoms with E-state index in [1.54, 1.807) is 6.07 Å². The van der Waals surface area contributed by atoms with Gasteiger partial charge >= 0.3 is 0 Å².